The number of nitrogens with zero attached hydrogens (tertiary/aromatic N) is 2. The summed E-state index contributed by atoms with van der Waals surface area (Å²) in [5.41, 5.74) is 1.43. The largest absolute Gasteiger partial charge is 0.356 e. The van der Waals surface area contributed by atoms with Crippen molar-refractivity contribution < 1.29 is 0 Å². The lowest BCUT2D eigenvalue weighted by atomic mass is 9.90. The normalized spacial score (nSPS) is 15.5. The molecule has 4 nitrogen and oxygen atoms in total. The second kappa shape index (κ2) is 7.47. The number of fused-ring (bicyclic) bond motifs is 1. The Kier molecular flexibility index (Phi) is 5.13. The molecular weight excluding hydrogens is 284 g/mol. The third-order valence-electron chi connectivity index (χ3n) is 4.38. The fourth-order valence-electron chi connectivity index (χ4n) is 3.12. The van der Waals surface area contributed by atoms with Crippen LogP contribution in [0.3, 0.4) is 0 Å². The highest BCUT2D eigenvalue weighted by molar-refractivity contribution is 5.86. The summed E-state index contributed by atoms with van der Waals surface area (Å²) in [4.78, 5) is 6.70. The van der Waals surface area contributed by atoms with E-state index in [0.717, 1.165) is 38.6 Å². The Morgan fingerprint density at radius 1 is 1.17 bits per heavy atom. The molecule has 2 N–H and O–H groups in total. The molecule has 0 saturated heterocycles. The molecule has 2 aromatic rings. The van der Waals surface area contributed by atoms with Gasteiger partial charge in [0.15, 0.2) is 5.96 Å². The van der Waals surface area contributed by atoms with E-state index in [9.17, 15) is 0 Å². The van der Waals surface area contributed by atoms with Crippen LogP contribution in [-0.2, 0) is 0 Å². The lowest BCUT2D eigenvalue weighted by Gasteiger charge is -2.22. The highest BCUT2D eigenvalue weighted by atomic mass is 15.2. The molecule has 0 spiro atoms. The van der Waals surface area contributed by atoms with Gasteiger partial charge in [-0.3, -0.25) is 4.99 Å². The van der Waals surface area contributed by atoms with Gasteiger partial charge in [-0.25, -0.2) is 0 Å². The van der Waals surface area contributed by atoms with Crippen LogP contribution in [0.15, 0.2) is 47.5 Å². The molecule has 2 aromatic carbocycles. The quantitative estimate of drug-likeness (QED) is 0.861. The summed E-state index contributed by atoms with van der Waals surface area (Å²) in [6.45, 7) is 3.81. The summed E-state index contributed by atoms with van der Waals surface area (Å²) in [5.74, 6) is 1.41. The lowest BCUT2D eigenvalue weighted by Crippen LogP contribution is -2.37. The first-order chi connectivity index (χ1) is 11.2. The van der Waals surface area contributed by atoms with Crippen LogP contribution in [0.4, 0.5) is 0 Å². The van der Waals surface area contributed by atoms with E-state index in [-0.39, 0.29) is 0 Å². The van der Waals surface area contributed by atoms with E-state index < -0.39 is 0 Å². The average molecular weight is 310 g/mol. The lowest BCUT2D eigenvalue weighted by molar-refractivity contribution is 0.380. The van der Waals surface area contributed by atoms with Crippen molar-refractivity contribution in [3.05, 3.63) is 48.0 Å². The van der Waals surface area contributed by atoms with Gasteiger partial charge in [-0.15, -0.1) is 0 Å². The van der Waals surface area contributed by atoms with Crippen molar-refractivity contribution in [2.45, 2.75) is 12.3 Å². The van der Waals surface area contributed by atoms with Crippen LogP contribution in [0, 0.1) is 0 Å². The zero-order valence-electron chi connectivity index (χ0n) is 14.0. The van der Waals surface area contributed by atoms with E-state index in [1.165, 1.54) is 16.3 Å². The second-order valence-electron chi connectivity index (χ2n) is 6.40. The number of aliphatic imine (C=N–C) groups is 1. The standard InChI is InChI=1S/C19H26N4/c1-23(2)13-10-16(14-22-19-20-11-12-21-19)18-9-5-7-15-6-3-4-8-17(15)18/h3-9,16H,10-14H2,1-2H3,(H2,20,21,22). The molecule has 1 atom stereocenters. The zero-order chi connectivity index (χ0) is 16.1. The summed E-state index contributed by atoms with van der Waals surface area (Å²) in [6, 6.07) is 15.3. The number of hydrogen-bond acceptors (Lipinski definition) is 4. The van der Waals surface area contributed by atoms with Crippen LogP contribution in [0.25, 0.3) is 10.8 Å². The molecule has 0 fully saturated rings. The Hall–Kier alpha value is -2.07. The number of guanidine groups is 1. The summed E-state index contributed by atoms with van der Waals surface area (Å²) in [6.07, 6.45) is 1.13. The Balaban J connectivity index is 1.82. The van der Waals surface area contributed by atoms with Crippen LogP contribution < -0.4 is 10.6 Å². The van der Waals surface area contributed by atoms with Crippen molar-refractivity contribution in [1.82, 2.24) is 15.5 Å². The second-order valence-corrected chi connectivity index (χ2v) is 6.40. The summed E-state index contributed by atoms with van der Waals surface area (Å²) in [5, 5.41) is 9.46. The summed E-state index contributed by atoms with van der Waals surface area (Å²) < 4.78 is 0. The Morgan fingerprint density at radius 3 is 2.78 bits per heavy atom. The minimum Gasteiger partial charge on any atom is -0.356 e. The first-order valence-electron chi connectivity index (χ1n) is 8.38. The van der Waals surface area contributed by atoms with Crippen molar-refractivity contribution in [2.24, 2.45) is 4.99 Å². The van der Waals surface area contributed by atoms with Gasteiger partial charge in [0.05, 0.1) is 6.54 Å². The maximum atomic E-state index is 4.44. The molecule has 0 aliphatic carbocycles. The summed E-state index contributed by atoms with van der Waals surface area (Å²) in [7, 11) is 4.27. The van der Waals surface area contributed by atoms with Gasteiger partial charge in [-0.05, 0) is 43.4 Å². The molecule has 4 heteroatoms. The molecule has 122 valence electrons. The van der Waals surface area contributed by atoms with Crippen LogP contribution >= 0.6 is 0 Å². The minimum atomic E-state index is 0.466. The molecule has 23 heavy (non-hydrogen) atoms. The van der Waals surface area contributed by atoms with E-state index in [4.69, 9.17) is 0 Å². The fourth-order valence-corrected chi connectivity index (χ4v) is 3.12. The van der Waals surface area contributed by atoms with Gasteiger partial charge in [-0.2, -0.15) is 0 Å². The van der Waals surface area contributed by atoms with Crippen molar-refractivity contribution in [1.29, 1.82) is 0 Å². The molecule has 0 saturated carbocycles. The topological polar surface area (TPSA) is 39.7 Å². The highest BCUT2D eigenvalue weighted by Crippen LogP contribution is 2.27. The molecular formula is C19H26N4. The van der Waals surface area contributed by atoms with E-state index in [1.807, 2.05) is 0 Å². The van der Waals surface area contributed by atoms with Crippen molar-refractivity contribution in [2.75, 3.05) is 40.3 Å². The van der Waals surface area contributed by atoms with Gasteiger partial charge >= 0.3 is 0 Å². The van der Waals surface area contributed by atoms with Crippen molar-refractivity contribution >= 4 is 16.7 Å². The maximum Gasteiger partial charge on any atom is 0.191 e. The highest BCUT2D eigenvalue weighted by Gasteiger charge is 2.16. The molecule has 0 amide bonds. The Morgan fingerprint density at radius 2 is 2.00 bits per heavy atom. The summed E-state index contributed by atoms with van der Waals surface area (Å²) >= 11 is 0. The SMILES string of the molecule is CN(C)CCC(CNC1=NCCN1)c1cccc2ccccc12. The minimum absolute atomic E-state index is 0.466. The van der Waals surface area contributed by atoms with Crippen molar-refractivity contribution in [3.63, 3.8) is 0 Å². The third-order valence-corrected chi connectivity index (χ3v) is 4.38. The molecule has 0 aromatic heterocycles. The first kappa shape index (κ1) is 15.8. The van der Waals surface area contributed by atoms with Crippen LogP contribution in [0.1, 0.15) is 17.9 Å². The third kappa shape index (κ3) is 4.02. The van der Waals surface area contributed by atoms with Gasteiger partial charge in [0.1, 0.15) is 0 Å². The van der Waals surface area contributed by atoms with Gasteiger partial charge in [0.25, 0.3) is 0 Å². The van der Waals surface area contributed by atoms with E-state index in [2.05, 4.69) is 77.1 Å². The number of hydrogen-bond donors (Lipinski definition) is 2. The van der Waals surface area contributed by atoms with Gasteiger partial charge in [0, 0.05) is 19.0 Å². The van der Waals surface area contributed by atoms with E-state index >= 15 is 0 Å². The predicted octanol–water partition coefficient (Wildman–Crippen LogP) is 2.42. The first-order valence-corrected chi connectivity index (χ1v) is 8.38. The molecule has 1 aliphatic heterocycles. The van der Waals surface area contributed by atoms with E-state index in [0.29, 0.717) is 5.92 Å². The van der Waals surface area contributed by atoms with Crippen LogP contribution in [-0.4, -0.2) is 51.1 Å². The zero-order valence-corrected chi connectivity index (χ0v) is 14.0. The van der Waals surface area contributed by atoms with Gasteiger partial charge < -0.3 is 15.5 Å². The molecule has 0 bridgehead atoms. The van der Waals surface area contributed by atoms with Gasteiger partial charge in [-0.1, -0.05) is 42.5 Å². The molecule has 1 heterocycles. The average Bonchev–Trinajstić information content (AvgIpc) is 3.08. The van der Waals surface area contributed by atoms with E-state index in [1.54, 1.807) is 0 Å². The molecule has 1 unspecified atom stereocenters. The predicted molar refractivity (Wildman–Crippen MR) is 98.2 cm³/mol. The maximum absolute atomic E-state index is 4.44. The molecule has 3 rings (SSSR count). The van der Waals surface area contributed by atoms with Crippen LogP contribution in [0.2, 0.25) is 0 Å². The Labute approximate surface area is 138 Å². The number of benzene rings is 2. The smallest absolute Gasteiger partial charge is 0.191 e. The van der Waals surface area contributed by atoms with Gasteiger partial charge in [0.2, 0.25) is 0 Å². The fraction of sp³-hybridized carbons (Fsp3) is 0.421. The van der Waals surface area contributed by atoms with Crippen molar-refractivity contribution in [3.8, 4) is 0 Å². The molecule has 0 radical (unpaired) electrons. The number of nitrogens with one attached hydrogen (secondary N) is 2. The van der Waals surface area contributed by atoms with Crippen LogP contribution in [0.5, 0.6) is 0 Å². The molecule has 1 aliphatic rings. The monoisotopic (exact) mass is 310 g/mol. The number of rotatable bonds is 6. The Bertz CT molecular complexity index is 673.